The summed E-state index contributed by atoms with van der Waals surface area (Å²) in [6.45, 7) is 8.23. The fourth-order valence-corrected chi connectivity index (χ4v) is 1.37. The zero-order valence-electron chi connectivity index (χ0n) is 6.28. The van der Waals surface area contributed by atoms with Crippen LogP contribution in [-0.2, 0) is 0 Å². The van der Waals surface area contributed by atoms with Gasteiger partial charge in [-0.1, -0.05) is 17.2 Å². The van der Waals surface area contributed by atoms with Gasteiger partial charge in [-0.3, -0.25) is 0 Å². The van der Waals surface area contributed by atoms with Gasteiger partial charge in [-0.25, -0.2) is 0 Å². The van der Waals surface area contributed by atoms with Crippen LogP contribution in [0.25, 0.3) is 0 Å². The largest absolute Gasteiger partial charge is 0.103 e. The van der Waals surface area contributed by atoms with E-state index in [4.69, 9.17) is 0 Å². The second-order valence-electron chi connectivity index (χ2n) is 2.96. The molecule has 0 nitrogen and oxygen atoms in total. The maximum absolute atomic E-state index is 3.78. The Morgan fingerprint density at radius 3 is 2.00 bits per heavy atom. The lowest BCUT2D eigenvalue weighted by Gasteiger charge is -1.98. The van der Waals surface area contributed by atoms with E-state index in [2.05, 4.69) is 26.5 Å². The molecule has 0 bridgehead atoms. The van der Waals surface area contributed by atoms with Crippen LogP contribution in [0.15, 0.2) is 23.8 Å². The van der Waals surface area contributed by atoms with Crippen molar-refractivity contribution in [3.63, 3.8) is 0 Å². The van der Waals surface area contributed by atoms with E-state index in [1.807, 2.05) is 0 Å². The molecule has 0 aromatic heterocycles. The minimum Gasteiger partial charge on any atom is -0.103 e. The highest BCUT2D eigenvalue weighted by Gasteiger charge is 2.14. The highest BCUT2D eigenvalue weighted by atomic mass is 14.2. The molecule has 0 saturated heterocycles. The highest BCUT2D eigenvalue weighted by Crippen LogP contribution is 2.30. The number of hydrogen-bond donors (Lipinski definition) is 0. The van der Waals surface area contributed by atoms with Crippen molar-refractivity contribution in [2.24, 2.45) is 5.92 Å². The third kappa shape index (κ3) is 1.24. The first-order valence-corrected chi connectivity index (χ1v) is 3.52. The number of hydrogen-bond acceptors (Lipinski definition) is 0. The van der Waals surface area contributed by atoms with Crippen molar-refractivity contribution in [1.82, 2.24) is 0 Å². The molecule has 0 radical (unpaired) electrons. The fourth-order valence-electron chi connectivity index (χ4n) is 1.37. The summed E-state index contributed by atoms with van der Waals surface area (Å²) in [6, 6.07) is 0. The van der Waals surface area contributed by atoms with Crippen LogP contribution in [0.4, 0.5) is 0 Å². The summed E-state index contributed by atoms with van der Waals surface area (Å²) in [7, 11) is 0. The van der Waals surface area contributed by atoms with Crippen LogP contribution >= 0.6 is 0 Å². The summed E-state index contributed by atoms with van der Waals surface area (Å²) in [5, 5.41) is 0. The predicted molar refractivity (Wildman–Crippen MR) is 41.3 cm³/mol. The van der Waals surface area contributed by atoms with Gasteiger partial charge in [0, 0.05) is 0 Å². The standard InChI is InChI=1S/C9H14/c1-4-9-5-7(2)8(3)6-9/h4,9H,1,5-6H2,2-3H3. The zero-order valence-corrected chi connectivity index (χ0v) is 6.28. The molecule has 0 aromatic carbocycles. The summed E-state index contributed by atoms with van der Waals surface area (Å²) >= 11 is 0. The predicted octanol–water partition coefficient (Wildman–Crippen LogP) is 2.92. The van der Waals surface area contributed by atoms with Crippen LogP contribution in [0.1, 0.15) is 26.7 Å². The first-order chi connectivity index (χ1) is 4.24. The van der Waals surface area contributed by atoms with Crippen LogP contribution in [-0.4, -0.2) is 0 Å². The number of allylic oxidation sites excluding steroid dienone is 3. The van der Waals surface area contributed by atoms with Crippen molar-refractivity contribution >= 4 is 0 Å². The molecule has 0 amide bonds. The van der Waals surface area contributed by atoms with E-state index >= 15 is 0 Å². The van der Waals surface area contributed by atoms with Crippen LogP contribution < -0.4 is 0 Å². The molecule has 0 aliphatic heterocycles. The smallest absolute Gasteiger partial charge is 0.0162 e. The van der Waals surface area contributed by atoms with Crippen molar-refractivity contribution in [2.75, 3.05) is 0 Å². The maximum Gasteiger partial charge on any atom is -0.0162 e. The molecular weight excluding hydrogens is 108 g/mol. The van der Waals surface area contributed by atoms with Gasteiger partial charge in [0.1, 0.15) is 0 Å². The van der Waals surface area contributed by atoms with E-state index in [1.54, 1.807) is 11.1 Å². The second kappa shape index (κ2) is 2.38. The van der Waals surface area contributed by atoms with Gasteiger partial charge in [0.25, 0.3) is 0 Å². The summed E-state index contributed by atoms with van der Waals surface area (Å²) in [5.41, 5.74) is 3.14. The molecule has 1 rings (SSSR count). The minimum atomic E-state index is 0.741. The first kappa shape index (κ1) is 6.60. The SMILES string of the molecule is C=CC1CC(C)=C(C)C1. The molecule has 0 saturated carbocycles. The molecule has 0 fully saturated rings. The summed E-state index contributed by atoms with van der Waals surface area (Å²) < 4.78 is 0. The Hall–Kier alpha value is -0.520. The molecule has 1 aliphatic rings. The summed E-state index contributed by atoms with van der Waals surface area (Å²) in [6.07, 6.45) is 4.56. The fraction of sp³-hybridized carbons (Fsp3) is 0.556. The minimum absolute atomic E-state index is 0.741. The zero-order chi connectivity index (χ0) is 6.85. The molecule has 0 heteroatoms. The lowest BCUT2D eigenvalue weighted by molar-refractivity contribution is 0.696. The average molecular weight is 122 g/mol. The van der Waals surface area contributed by atoms with Gasteiger partial charge in [0.05, 0.1) is 0 Å². The Bertz CT molecular complexity index is 137. The third-order valence-corrected chi connectivity index (χ3v) is 2.20. The average Bonchev–Trinajstić information content (AvgIpc) is 2.13. The van der Waals surface area contributed by atoms with Gasteiger partial charge < -0.3 is 0 Å². The second-order valence-corrected chi connectivity index (χ2v) is 2.96. The first-order valence-electron chi connectivity index (χ1n) is 3.52. The van der Waals surface area contributed by atoms with Crippen molar-refractivity contribution < 1.29 is 0 Å². The topological polar surface area (TPSA) is 0 Å². The van der Waals surface area contributed by atoms with Gasteiger partial charge in [-0.15, -0.1) is 6.58 Å². The van der Waals surface area contributed by atoms with E-state index in [-0.39, 0.29) is 0 Å². The van der Waals surface area contributed by atoms with Crippen molar-refractivity contribution in [3.05, 3.63) is 23.8 Å². The van der Waals surface area contributed by atoms with Crippen molar-refractivity contribution in [2.45, 2.75) is 26.7 Å². The van der Waals surface area contributed by atoms with Gasteiger partial charge in [-0.05, 0) is 32.6 Å². The maximum atomic E-state index is 3.78. The highest BCUT2D eigenvalue weighted by molar-refractivity contribution is 5.19. The molecule has 50 valence electrons. The van der Waals surface area contributed by atoms with Gasteiger partial charge in [0.15, 0.2) is 0 Å². The van der Waals surface area contributed by atoms with Crippen LogP contribution in [0.2, 0.25) is 0 Å². The van der Waals surface area contributed by atoms with Crippen molar-refractivity contribution in [1.29, 1.82) is 0 Å². The van der Waals surface area contributed by atoms with E-state index in [1.165, 1.54) is 12.8 Å². The van der Waals surface area contributed by atoms with E-state index < -0.39 is 0 Å². The summed E-state index contributed by atoms with van der Waals surface area (Å²) in [4.78, 5) is 0. The molecule has 0 heterocycles. The molecular formula is C9H14. The van der Waals surface area contributed by atoms with E-state index in [0.29, 0.717) is 0 Å². The van der Waals surface area contributed by atoms with E-state index in [0.717, 1.165) is 5.92 Å². The quantitative estimate of drug-likeness (QED) is 0.469. The molecule has 0 atom stereocenters. The Labute approximate surface area is 57.3 Å². The molecule has 1 aliphatic carbocycles. The Balaban J connectivity index is 2.58. The Morgan fingerprint density at radius 2 is 1.78 bits per heavy atom. The monoisotopic (exact) mass is 122 g/mol. The molecule has 0 unspecified atom stereocenters. The normalized spacial score (nSPS) is 21.1. The summed E-state index contributed by atoms with van der Waals surface area (Å²) in [5.74, 6) is 0.741. The molecule has 0 spiro atoms. The van der Waals surface area contributed by atoms with Gasteiger partial charge >= 0.3 is 0 Å². The number of rotatable bonds is 1. The van der Waals surface area contributed by atoms with Crippen LogP contribution in [0.5, 0.6) is 0 Å². The molecule has 0 N–H and O–H groups in total. The molecule has 0 aromatic rings. The molecule has 9 heavy (non-hydrogen) atoms. The van der Waals surface area contributed by atoms with E-state index in [9.17, 15) is 0 Å². The van der Waals surface area contributed by atoms with Gasteiger partial charge in [0.2, 0.25) is 0 Å². The Kier molecular flexibility index (Phi) is 1.75. The lowest BCUT2D eigenvalue weighted by Crippen LogP contribution is -1.86. The van der Waals surface area contributed by atoms with Crippen molar-refractivity contribution in [3.8, 4) is 0 Å². The Morgan fingerprint density at radius 1 is 1.33 bits per heavy atom. The lowest BCUT2D eigenvalue weighted by atomic mass is 10.1. The van der Waals surface area contributed by atoms with Crippen LogP contribution in [0.3, 0.4) is 0 Å². The third-order valence-electron chi connectivity index (χ3n) is 2.20. The van der Waals surface area contributed by atoms with Crippen LogP contribution in [0, 0.1) is 5.92 Å². The van der Waals surface area contributed by atoms with Gasteiger partial charge in [-0.2, -0.15) is 0 Å².